The maximum Gasteiger partial charge on any atom is 0.0547 e. The monoisotopic (exact) mass is 830 g/mol. The Morgan fingerprint density at radius 2 is 1.02 bits per heavy atom. The lowest BCUT2D eigenvalue weighted by Gasteiger charge is -2.27. The van der Waals surface area contributed by atoms with Gasteiger partial charge in [0.25, 0.3) is 0 Å². The molecule has 0 radical (unpaired) electrons. The molecule has 0 fully saturated rings. The molecule has 1 unspecified atom stereocenters. The van der Waals surface area contributed by atoms with Crippen LogP contribution in [-0.4, -0.2) is 4.57 Å². The summed E-state index contributed by atoms with van der Waals surface area (Å²) in [5.74, 6) is 0.518. The molecule has 0 aliphatic heterocycles. The van der Waals surface area contributed by atoms with Gasteiger partial charge in [0.05, 0.1) is 11.0 Å². The minimum absolute atomic E-state index is 0.518. The Morgan fingerprint density at radius 1 is 0.415 bits per heavy atom. The summed E-state index contributed by atoms with van der Waals surface area (Å²) < 4.78 is 2.39. The first-order valence-corrected chi connectivity index (χ1v) is 22.7. The van der Waals surface area contributed by atoms with Crippen LogP contribution in [0, 0.1) is 0 Å². The zero-order valence-electron chi connectivity index (χ0n) is 36.3. The van der Waals surface area contributed by atoms with Crippen molar-refractivity contribution >= 4 is 55.7 Å². The second-order valence-corrected chi connectivity index (χ2v) is 17.3. The Kier molecular flexibility index (Phi) is 9.57. The van der Waals surface area contributed by atoms with Crippen molar-refractivity contribution in [2.24, 2.45) is 0 Å². The van der Waals surface area contributed by atoms with Crippen molar-refractivity contribution in [3.8, 4) is 50.2 Å². The molecule has 0 spiro atoms. The van der Waals surface area contributed by atoms with Gasteiger partial charge < -0.3 is 9.47 Å². The molecule has 0 amide bonds. The van der Waals surface area contributed by atoms with Gasteiger partial charge in [-0.2, -0.15) is 0 Å². The molecule has 2 nitrogen and oxygen atoms in total. The van der Waals surface area contributed by atoms with Crippen molar-refractivity contribution < 1.29 is 0 Å². The van der Waals surface area contributed by atoms with Crippen molar-refractivity contribution in [3.05, 3.63) is 248 Å². The van der Waals surface area contributed by atoms with Crippen molar-refractivity contribution in [1.82, 2.24) is 4.57 Å². The van der Waals surface area contributed by atoms with Crippen LogP contribution in [0.4, 0.5) is 17.1 Å². The van der Waals surface area contributed by atoms with Crippen LogP contribution in [-0.2, 0) is 0 Å². The molecule has 1 atom stereocenters. The molecule has 12 rings (SSSR count). The van der Waals surface area contributed by atoms with Gasteiger partial charge in [0, 0.05) is 33.5 Å². The molecule has 65 heavy (non-hydrogen) atoms. The number of fused-ring (bicyclic) bond motifs is 6. The van der Waals surface area contributed by atoms with Gasteiger partial charge in [-0.1, -0.05) is 183 Å². The Balaban J connectivity index is 0.973. The van der Waals surface area contributed by atoms with E-state index in [1.54, 1.807) is 0 Å². The molecular formula is C63H46N2. The zero-order chi connectivity index (χ0) is 43.3. The van der Waals surface area contributed by atoms with E-state index in [2.05, 4.69) is 259 Å². The summed E-state index contributed by atoms with van der Waals surface area (Å²) in [5, 5.41) is 5.06. The van der Waals surface area contributed by atoms with Gasteiger partial charge in [-0.25, -0.2) is 0 Å². The molecule has 10 aromatic carbocycles. The molecule has 1 heterocycles. The van der Waals surface area contributed by atoms with Crippen LogP contribution in [0.25, 0.3) is 88.8 Å². The molecule has 0 saturated heterocycles. The minimum Gasteiger partial charge on any atom is -0.310 e. The normalized spacial score (nSPS) is 13.3. The van der Waals surface area contributed by atoms with Crippen LogP contribution >= 0.6 is 0 Å². The fourth-order valence-electron chi connectivity index (χ4n) is 10.3. The van der Waals surface area contributed by atoms with Crippen LogP contribution in [0.15, 0.2) is 237 Å². The summed E-state index contributed by atoms with van der Waals surface area (Å²) in [6.45, 7) is 2.33. The Hall–Kier alpha value is -8.20. The molecule has 0 N–H and O–H groups in total. The van der Waals surface area contributed by atoms with Gasteiger partial charge in [-0.05, 0) is 145 Å². The van der Waals surface area contributed by atoms with Gasteiger partial charge in [-0.15, -0.1) is 0 Å². The predicted molar refractivity (Wildman–Crippen MR) is 277 cm³/mol. The number of benzene rings is 10. The first-order chi connectivity index (χ1) is 32.2. The fourth-order valence-corrected chi connectivity index (χ4v) is 10.3. The van der Waals surface area contributed by atoms with Crippen molar-refractivity contribution in [1.29, 1.82) is 0 Å². The van der Waals surface area contributed by atoms with E-state index < -0.39 is 0 Å². The molecule has 2 heteroatoms. The third kappa shape index (κ3) is 6.83. The first-order valence-electron chi connectivity index (χ1n) is 22.7. The number of para-hydroxylation sites is 2. The van der Waals surface area contributed by atoms with Gasteiger partial charge in [-0.3, -0.25) is 0 Å². The summed E-state index contributed by atoms with van der Waals surface area (Å²) in [6, 6.07) is 84.4. The van der Waals surface area contributed by atoms with Crippen LogP contribution in [0.3, 0.4) is 0 Å². The summed E-state index contributed by atoms with van der Waals surface area (Å²) in [6.07, 6.45) is 5.73. The molecule has 0 saturated carbocycles. The lowest BCUT2D eigenvalue weighted by atomic mass is 9.85. The second-order valence-electron chi connectivity index (χ2n) is 17.3. The van der Waals surface area contributed by atoms with E-state index >= 15 is 0 Å². The maximum atomic E-state index is 2.41. The van der Waals surface area contributed by atoms with Crippen LogP contribution < -0.4 is 4.90 Å². The highest BCUT2D eigenvalue weighted by Gasteiger charge is 2.20. The van der Waals surface area contributed by atoms with Gasteiger partial charge in [0.2, 0.25) is 0 Å². The number of hydrogen-bond donors (Lipinski definition) is 0. The molecule has 1 aromatic heterocycles. The van der Waals surface area contributed by atoms with E-state index in [4.69, 9.17) is 0 Å². The predicted octanol–water partition coefficient (Wildman–Crippen LogP) is 17.6. The fraction of sp³-hybridized carbons (Fsp3) is 0.0476. The lowest BCUT2D eigenvalue weighted by Crippen LogP contribution is -2.10. The smallest absolute Gasteiger partial charge is 0.0547 e. The number of allylic oxidation sites excluding steroid dienone is 1. The summed E-state index contributed by atoms with van der Waals surface area (Å²) >= 11 is 0. The van der Waals surface area contributed by atoms with Crippen LogP contribution in [0.1, 0.15) is 30.4 Å². The van der Waals surface area contributed by atoms with E-state index in [0.29, 0.717) is 5.92 Å². The number of rotatable bonds is 8. The molecule has 1 aliphatic rings. The summed E-state index contributed by atoms with van der Waals surface area (Å²) in [4.78, 5) is 2.41. The molecular weight excluding hydrogens is 785 g/mol. The van der Waals surface area contributed by atoms with Crippen molar-refractivity contribution in [2.45, 2.75) is 19.3 Å². The number of hydrogen-bond acceptors (Lipinski definition) is 1. The van der Waals surface area contributed by atoms with Crippen LogP contribution in [0.5, 0.6) is 0 Å². The average molecular weight is 831 g/mol. The van der Waals surface area contributed by atoms with E-state index in [9.17, 15) is 0 Å². The number of anilines is 3. The van der Waals surface area contributed by atoms with Crippen molar-refractivity contribution in [2.75, 3.05) is 4.90 Å². The highest BCUT2D eigenvalue weighted by atomic mass is 15.1. The van der Waals surface area contributed by atoms with Gasteiger partial charge in [0.15, 0.2) is 0 Å². The van der Waals surface area contributed by atoms with Crippen molar-refractivity contribution in [3.63, 3.8) is 0 Å². The highest BCUT2D eigenvalue weighted by molar-refractivity contribution is 6.16. The van der Waals surface area contributed by atoms with E-state index in [1.807, 2.05) is 0 Å². The summed E-state index contributed by atoms with van der Waals surface area (Å²) in [7, 11) is 0. The van der Waals surface area contributed by atoms with Gasteiger partial charge in [0.1, 0.15) is 0 Å². The topological polar surface area (TPSA) is 8.17 Å². The third-order valence-corrected chi connectivity index (χ3v) is 13.4. The standard InChI is InChI=1S/C63H46N2/c1-43-16-12-29-59-54(43)38-34-49-42-53(37-39-57(49)59)64(51-35-32-45(33-36-51)56-26-9-8-25-55(56)44-17-4-2-5-18-44)52-24-14-20-47(41-52)46-19-13-21-48(40-46)58-28-15-31-62-63(58)60-27-10-11-30-61(60)65(62)50-22-6-3-7-23-50/h2-15,17-43H,16H2,1H3. The molecule has 11 aromatic rings. The first kappa shape index (κ1) is 38.5. The Labute approximate surface area is 380 Å². The van der Waals surface area contributed by atoms with E-state index in [0.717, 1.165) is 34.7 Å². The quantitative estimate of drug-likeness (QED) is 0.148. The lowest BCUT2D eigenvalue weighted by molar-refractivity contribution is 0.773. The van der Waals surface area contributed by atoms with Gasteiger partial charge >= 0.3 is 0 Å². The van der Waals surface area contributed by atoms with E-state index in [-0.39, 0.29) is 0 Å². The third-order valence-electron chi connectivity index (χ3n) is 13.4. The summed E-state index contributed by atoms with van der Waals surface area (Å²) in [5.41, 5.74) is 19.3. The highest BCUT2D eigenvalue weighted by Crippen LogP contribution is 2.43. The van der Waals surface area contributed by atoms with Crippen LogP contribution in [0.2, 0.25) is 0 Å². The Bertz CT molecular complexity index is 3580. The molecule has 1 aliphatic carbocycles. The maximum absolute atomic E-state index is 2.41. The zero-order valence-corrected chi connectivity index (χ0v) is 36.3. The molecule has 0 bridgehead atoms. The van der Waals surface area contributed by atoms with E-state index in [1.165, 1.54) is 82.6 Å². The Morgan fingerprint density at radius 3 is 1.83 bits per heavy atom. The minimum atomic E-state index is 0.518. The number of nitrogens with zero attached hydrogens (tertiary/aromatic N) is 2. The SMILES string of the molecule is CC1CC=Cc2c1ccc1cc(N(c3ccc(-c4ccccc4-c4ccccc4)cc3)c3cccc(-c4cccc(-c5cccc6c5c5ccccc5n6-c5ccccc5)c4)c3)ccc21. The number of aromatic nitrogens is 1. The largest absolute Gasteiger partial charge is 0.310 e. The molecule has 308 valence electrons. The average Bonchev–Trinajstić information content (AvgIpc) is 3.72. The second kappa shape index (κ2) is 16.2.